The molecule has 0 amide bonds. The van der Waals surface area contributed by atoms with E-state index in [-0.39, 0.29) is 23.1 Å². The van der Waals surface area contributed by atoms with E-state index in [1.165, 1.54) is 7.11 Å². The fraction of sp³-hybridized carbons (Fsp3) is 0.538. The number of nitrogens with one attached hydrogen (secondary N) is 2. The van der Waals surface area contributed by atoms with Crippen LogP contribution in [-0.2, 0) is 19.6 Å². The second kappa shape index (κ2) is 7.41. The molecule has 8 nitrogen and oxygen atoms in total. The minimum Gasteiger partial charge on any atom is -0.481 e. The Labute approximate surface area is 128 Å². The predicted octanol–water partition coefficient (Wildman–Crippen LogP) is 0.826. The lowest BCUT2D eigenvalue weighted by Crippen LogP contribution is -2.33. The van der Waals surface area contributed by atoms with Crippen LogP contribution in [0.15, 0.2) is 17.2 Å². The lowest BCUT2D eigenvalue weighted by atomic mass is 9.98. The number of sulfonamides is 1. The zero-order valence-electron chi connectivity index (χ0n) is 12.6. The van der Waals surface area contributed by atoms with Gasteiger partial charge >= 0.3 is 11.9 Å². The minimum atomic E-state index is -3.90. The Morgan fingerprint density at radius 2 is 2.05 bits per heavy atom. The van der Waals surface area contributed by atoms with Gasteiger partial charge in [-0.25, -0.2) is 17.9 Å². The number of aromatic amines is 1. The summed E-state index contributed by atoms with van der Waals surface area (Å²) in [4.78, 5) is 24.7. The number of ether oxygens (including phenoxy) is 1. The quantitative estimate of drug-likeness (QED) is 0.605. The van der Waals surface area contributed by atoms with Crippen molar-refractivity contribution in [2.24, 2.45) is 11.8 Å². The molecule has 1 atom stereocenters. The average Bonchev–Trinajstić information content (AvgIpc) is 2.92. The maximum absolute atomic E-state index is 12.1. The molecule has 0 radical (unpaired) electrons. The van der Waals surface area contributed by atoms with E-state index < -0.39 is 27.9 Å². The number of carboxylic acid groups (broad SMARTS) is 1. The molecule has 1 aromatic heterocycles. The summed E-state index contributed by atoms with van der Waals surface area (Å²) in [6.07, 6.45) is 1.51. The van der Waals surface area contributed by atoms with E-state index in [4.69, 9.17) is 5.11 Å². The summed E-state index contributed by atoms with van der Waals surface area (Å²) in [5, 5.41) is 9.10. The molecule has 1 heterocycles. The monoisotopic (exact) mass is 332 g/mol. The fourth-order valence-corrected chi connectivity index (χ4v) is 2.97. The molecule has 0 aliphatic heterocycles. The number of rotatable bonds is 8. The number of esters is 1. The van der Waals surface area contributed by atoms with E-state index in [1.54, 1.807) is 0 Å². The molecule has 1 aromatic rings. The maximum Gasteiger partial charge on any atom is 0.354 e. The Hall–Kier alpha value is -1.87. The second-order valence-electron chi connectivity index (χ2n) is 5.26. The van der Waals surface area contributed by atoms with Gasteiger partial charge in [-0.1, -0.05) is 13.8 Å². The van der Waals surface area contributed by atoms with Crippen molar-refractivity contribution in [2.75, 3.05) is 13.7 Å². The number of carbonyl (C=O) groups excluding carboxylic acids is 1. The molecule has 3 N–H and O–H groups in total. The van der Waals surface area contributed by atoms with Crippen LogP contribution >= 0.6 is 0 Å². The molecular weight excluding hydrogens is 312 g/mol. The topological polar surface area (TPSA) is 126 Å². The summed E-state index contributed by atoms with van der Waals surface area (Å²) in [7, 11) is -2.72. The summed E-state index contributed by atoms with van der Waals surface area (Å²) in [5.41, 5.74) is -0.000148. The Morgan fingerprint density at radius 3 is 2.55 bits per heavy atom. The predicted molar refractivity (Wildman–Crippen MR) is 77.9 cm³/mol. The first-order valence-corrected chi connectivity index (χ1v) is 8.15. The Morgan fingerprint density at radius 1 is 1.41 bits per heavy atom. The van der Waals surface area contributed by atoms with Crippen LogP contribution in [-0.4, -0.2) is 44.1 Å². The van der Waals surface area contributed by atoms with Crippen LogP contribution in [0.25, 0.3) is 0 Å². The van der Waals surface area contributed by atoms with E-state index in [9.17, 15) is 18.0 Å². The largest absolute Gasteiger partial charge is 0.481 e. The highest BCUT2D eigenvalue weighted by molar-refractivity contribution is 7.89. The molecular formula is C13H20N2O6S. The number of aromatic nitrogens is 1. The van der Waals surface area contributed by atoms with Crippen molar-refractivity contribution in [2.45, 2.75) is 25.2 Å². The standard InChI is InChI=1S/C13H20N2O6S/c1-8(2)4-9(12(16)17)6-15-22(19,20)10-5-11(14-7-10)13(18)21-3/h5,7-9,14-15H,4,6H2,1-3H3,(H,16,17). The first-order chi connectivity index (χ1) is 10.2. The Balaban J connectivity index is 2.80. The number of carbonyl (C=O) groups is 2. The van der Waals surface area contributed by atoms with E-state index in [0.29, 0.717) is 6.42 Å². The van der Waals surface area contributed by atoms with Crippen LogP contribution in [0.4, 0.5) is 0 Å². The molecule has 0 aromatic carbocycles. The van der Waals surface area contributed by atoms with Crippen molar-refractivity contribution >= 4 is 22.0 Å². The van der Waals surface area contributed by atoms with Crippen LogP contribution in [0.1, 0.15) is 30.8 Å². The molecule has 1 rings (SSSR count). The summed E-state index contributed by atoms with van der Waals surface area (Å²) < 4.78 is 30.9. The van der Waals surface area contributed by atoms with Crippen molar-refractivity contribution in [3.63, 3.8) is 0 Å². The fourth-order valence-electron chi connectivity index (χ4n) is 1.89. The van der Waals surface area contributed by atoms with Crippen LogP contribution in [0.2, 0.25) is 0 Å². The Bertz CT molecular complexity index is 635. The van der Waals surface area contributed by atoms with Crippen LogP contribution in [0, 0.1) is 11.8 Å². The molecule has 0 saturated carbocycles. The number of hydrogen-bond donors (Lipinski definition) is 3. The first kappa shape index (κ1) is 18.2. The third-order valence-electron chi connectivity index (χ3n) is 3.00. The van der Waals surface area contributed by atoms with E-state index >= 15 is 0 Å². The normalized spacial score (nSPS) is 13.1. The number of methoxy groups -OCH3 is 1. The highest BCUT2D eigenvalue weighted by Crippen LogP contribution is 2.14. The van der Waals surface area contributed by atoms with Gasteiger partial charge in [-0.2, -0.15) is 0 Å². The van der Waals surface area contributed by atoms with Gasteiger partial charge in [0.05, 0.1) is 13.0 Å². The summed E-state index contributed by atoms with van der Waals surface area (Å²) in [5.74, 6) is -2.43. The van der Waals surface area contributed by atoms with Crippen LogP contribution < -0.4 is 4.72 Å². The maximum atomic E-state index is 12.1. The molecule has 9 heteroatoms. The molecule has 22 heavy (non-hydrogen) atoms. The van der Waals surface area contributed by atoms with Crippen LogP contribution in [0.3, 0.4) is 0 Å². The zero-order valence-corrected chi connectivity index (χ0v) is 13.4. The summed E-state index contributed by atoms with van der Waals surface area (Å²) in [6.45, 7) is 3.51. The van der Waals surface area contributed by atoms with E-state index in [1.807, 2.05) is 13.8 Å². The smallest absolute Gasteiger partial charge is 0.354 e. The Kier molecular flexibility index (Phi) is 6.12. The van der Waals surface area contributed by atoms with Gasteiger partial charge in [0.15, 0.2) is 0 Å². The van der Waals surface area contributed by atoms with Crippen molar-refractivity contribution in [3.8, 4) is 0 Å². The average molecular weight is 332 g/mol. The third-order valence-corrected chi connectivity index (χ3v) is 4.40. The first-order valence-electron chi connectivity index (χ1n) is 6.66. The molecule has 0 bridgehead atoms. The number of H-pyrrole nitrogens is 1. The van der Waals surface area contributed by atoms with Gasteiger partial charge in [-0.15, -0.1) is 0 Å². The van der Waals surface area contributed by atoms with Crippen molar-refractivity contribution in [3.05, 3.63) is 18.0 Å². The van der Waals surface area contributed by atoms with Crippen LogP contribution in [0.5, 0.6) is 0 Å². The zero-order chi connectivity index (χ0) is 16.9. The van der Waals surface area contributed by atoms with Gasteiger partial charge in [0.25, 0.3) is 0 Å². The number of hydrogen-bond acceptors (Lipinski definition) is 5. The summed E-state index contributed by atoms with van der Waals surface area (Å²) in [6, 6.07) is 1.13. The molecule has 0 fully saturated rings. The lowest BCUT2D eigenvalue weighted by Gasteiger charge is -2.15. The van der Waals surface area contributed by atoms with Gasteiger partial charge in [0.1, 0.15) is 10.6 Å². The number of carboxylic acids is 1. The molecule has 0 aliphatic carbocycles. The SMILES string of the molecule is COC(=O)c1cc(S(=O)(=O)NCC(CC(C)C)C(=O)O)c[nH]1. The highest BCUT2D eigenvalue weighted by atomic mass is 32.2. The third kappa shape index (κ3) is 4.85. The summed E-state index contributed by atoms with van der Waals surface area (Å²) >= 11 is 0. The van der Waals surface area contributed by atoms with Crippen molar-refractivity contribution < 1.29 is 27.9 Å². The molecule has 0 spiro atoms. The molecule has 1 unspecified atom stereocenters. The highest BCUT2D eigenvalue weighted by Gasteiger charge is 2.24. The van der Waals surface area contributed by atoms with Gasteiger partial charge in [0, 0.05) is 12.7 Å². The molecule has 124 valence electrons. The minimum absolute atomic E-state index is 0.000148. The van der Waals surface area contributed by atoms with Gasteiger partial charge in [-0.05, 0) is 18.4 Å². The lowest BCUT2D eigenvalue weighted by molar-refractivity contribution is -0.142. The molecule has 0 saturated heterocycles. The van der Waals surface area contributed by atoms with E-state index in [2.05, 4.69) is 14.4 Å². The van der Waals surface area contributed by atoms with Crippen molar-refractivity contribution in [1.29, 1.82) is 0 Å². The van der Waals surface area contributed by atoms with Gasteiger partial charge in [-0.3, -0.25) is 4.79 Å². The van der Waals surface area contributed by atoms with Crippen molar-refractivity contribution in [1.82, 2.24) is 9.71 Å². The van der Waals surface area contributed by atoms with Gasteiger partial charge in [0.2, 0.25) is 10.0 Å². The van der Waals surface area contributed by atoms with E-state index in [0.717, 1.165) is 12.3 Å². The second-order valence-corrected chi connectivity index (χ2v) is 7.02. The van der Waals surface area contributed by atoms with Gasteiger partial charge < -0.3 is 14.8 Å². The molecule has 0 aliphatic rings. The number of aliphatic carboxylic acids is 1.